The summed E-state index contributed by atoms with van der Waals surface area (Å²) < 4.78 is 7.64. The van der Waals surface area contributed by atoms with Gasteiger partial charge in [-0.2, -0.15) is 5.10 Å². The number of anilines is 2. The van der Waals surface area contributed by atoms with Gasteiger partial charge in [0, 0.05) is 23.8 Å². The van der Waals surface area contributed by atoms with Crippen LogP contribution in [0.5, 0.6) is 11.6 Å². The number of aromatic nitrogens is 6. The predicted molar refractivity (Wildman–Crippen MR) is 107 cm³/mol. The summed E-state index contributed by atoms with van der Waals surface area (Å²) >= 11 is 6.03. The van der Waals surface area contributed by atoms with Crippen molar-refractivity contribution in [2.45, 2.75) is 0 Å². The van der Waals surface area contributed by atoms with Gasteiger partial charge in [-0.3, -0.25) is 4.68 Å². The van der Waals surface area contributed by atoms with Crippen LogP contribution in [0.4, 0.5) is 11.6 Å². The molecular weight excluding hydrogens is 378 g/mol. The molecule has 0 spiro atoms. The lowest BCUT2D eigenvalue weighted by Gasteiger charge is -2.05. The molecule has 0 unspecified atom stereocenters. The van der Waals surface area contributed by atoms with Crippen molar-refractivity contribution in [3.8, 4) is 11.6 Å². The van der Waals surface area contributed by atoms with Gasteiger partial charge in [-0.05, 0) is 30.3 Å². The van der Waals surface area contributed by atoms with E-state index in [9.17, 15) is 0 Å². The summed E-state index contributed by atoms with van der Waals surface area (Å²) in [5.41, 5.74) is 3.20. The van der Waals surface area contributed by atoms with Crippen LogP contribution in [0.25, 0.3) is 22.1 Å². The van der Waals surface area contributed by atoms with E-state index in [0.29, 0.717) is 28.2 Å². The van der Waals surface area contributed by atoms with Crippen molar-refractivity contribution < 1.29 is 4.74 Å². The van der Waals surface area contributed by atoms with Crippen molar-refractivity contribution in [1.82, 2.24) is 29.7 Å². The zero-order valence-electron chi connectivity index (χ0n) is 14.7. The van der Waals surface area contributed by atoms with Crippen LogP contribution in [0, 0.1) is 0 Å². The van der Waals surface area contributed by atoms with Gasteiger partial charge >= 0.3 is 0 Å². The molecule has 0 atom stereocenters. The van der Waals surface area contributed by atoms with Crippen molar-refractivity contribution >= 4 is 45.3 Å². The molecule has 0 saturated heterocycles. The lowest BCUT2D eigenvalue weighted by atomic mass is 10.3. The number of halogens is 1. The Morgan fingerprint density at radius 3 is 2.96 bits per heavy atom. The Hall–Kier alpha value is -3.65. The largest absolute Gasteiger partial charge is 0.438 e. The SMILES string of the molecule is Cn1ncc2c(Oc3ccc4nc(Nc5cccc(Cl)c5)[nH]c4c3)ncnc21. The van der Waals surface area contributed by atoms with Crippen LogP contribution in [0.1, 0.15) is 0 Å². The number of nitrogens with one attached hydrogen (secondary N) is 2. The normalized spacial score (nSPS) is 11.2. The number of ether oxygens (including phenoxy) is 1. The molecule has 0 aliphatic carbocycles. The second-order valence-electron chi connectivity index (χ2n) is 6.19. The Bertz CT molecular complexity index is 1310. The number of imidazole rings is 1. The van der Waals surface area contributed by atoms with Crippen molar-refractivity contribution in [3.63, 3.8) is 0 Å². The molecule has 2 N–H and O–H groups in total. The quantitative estimate of drug-likeness (QED) is 0.470. The zero-order valence-corrected chi connectivity index (χ0v) is 15.5. The van der Waals surface area contributed by atoms with Crippen LogP contribution in [-0.2, 0) is 7.05 Å². The number of nitrogens with zero attached hydrogens (tertiary/aromatic N) is 5. The summed E-state index contributed by atoms with van der Waals surface area (Å²) in [5.74, 6) is 1.70. The van der Waals surface area contributed by atoms with Crippen LogP contribution < -0.4 is 10.1 Å². The molecule has 2 aromatic carbocycles. The van der Waals surface area contributed by atoms with E-state index in [1.54, 1.807) is 10.9 Å². The summed E-state index contributed by atoms with van der Waals surface area (Å²) in [7, 11) is 1.82. The summed E-state index contributed by atoms with van der Waals surface area (Å²) in [6, 6.07) is 13.0. The third-order valence-corrected chi connectivity index (χ3v) is 4.48. The molecular formula is C19H14ClN7O. The predicted octanol–water partition coefficient (Wildman–Crippen LogP) is 4.43. The van der Waals surface area contributed by atoms with E-state index in [0.717, 1.165) is 22.1 Å². The monoisotopic (exact) mass is 391 g/mol. The number of aryl methyl sites for hydroxylation is 1. The maximum Gasteiger partial charge on any atom is 0.233 e. The van der Waals surface area contributed by atoms with Crippen molar-refractivity contribution in [2.75, 3.05) is 5.32 Å². The van der Waals surface area contributed by atoms with Gasteiger partial charge in [0.1, 0.15) is 17.5 Å². The van der Waals surface area contributed by atoms with Crippen LogP contribution in [0.2, 0.25) is 5.02 Å². The van der Waals surface area contributed by atoms with E-state index in [4.69, 9.17) is 16.3 Å². The summed E-state index contributed by atoms with van der Waals surface area (Å²) in [6.45, 7) is 0. The highest BCUT2D eigenvalue weighted by Crippen LogP contribution is 2.29. The van der Waals surface area contributed by atoms with Gasteiger partial charge in [0.25, 0.3) is 0 Å². The highest BCUT2D eigenvalue weighted by molar-refractivity contribution is 6.30. The minimum atomic E-state index is 0.453. The zero-order chi connectivity index (χ0) is 19.1. The van der Waals surface area contributed by atoms with E-state index in [-0.39, 0.29) is 0 Å². The summed E-state index contributed by atoms with van der Waals surface area (Å²) in [6.07, 6.45) is 3.15. The average Bonchev–Trinajstić information content (AvgIpc) is 3.25. The molecule has 28 heavy (non-hydrogen) atoms. The fraction of sp³-hybridized carbons (Fsp3) is 0.0526. The molecule has 5 rings (SSSR count). The Kier molecular flexibility index (Phi) is 3.84. The first-order valence-electron chi connectivity index (χ1n) is 8.49. The third-order valence-electron chi connectivity index (χ3n) is 4.25. The topological polar surface area (TPSA) is 93.5 Å². The second kappa shape index (κ2) is 6.50. The number of hydrogen-bond acceptors (Lipinski definition) is 6. The highest BCUT2D eigenvalue weighted by atomic mass is 35.5. The van der Waals surface area contributed by atoms with Crippen molar-refractivity contribution in [3.05, 3.63) is 60.0 Å². The molecule has 5 aromatic rings. The molecule has 0 radical (unpaired) electrons. The minimum Gasteiger partial charge on any atom is -0.438 e. The molecule has 138 valence electrons. The van der Waals surface area contributed by atoms with Gasteiger partial charge in [-0.1, -0.05) is 17.7 Å². The molecule has 0 aliphatic heterocycles. The smallest absolute Gasteiger partial charge is 0.233 e. The Labute approximate surface area is 164 Å². The van der Waals surface area contributed by atoms with Gasteiger partial charge in [0.15, 0.2) is 5.65 Å². The van der Waals surface area contributed by atoms with Gasteiger partial charge < -0.3 is 15.0 Å². The highest BCUT2D eigenvalue weighted by Gasteiger charge is 2.11. The van der Waals surface area contributed by atoms with Gasteiger partial charge in [-0.25, -0.2) is 15.0 Å². The van der Waals surface area contributed by atoms with Gasteiger partial charge in [0.05, 0.1) is 17.2 Å². The van der Waals surface area contributed by atoms with E-state index < -0.39 is 0 Å². The third kappa shape index (κ3) is 2.99. The molecule has 0 amide bonds. The van der Waals surface area contributed by atoms with E-state index in [2.05, 4.69) is 30.4 Å². The number of H-pyrrole nitrogens is 1. The average molecular weight is 392 g/mol. The van der Waals surface area contributed by atoms with Crippen LogP contribution in [0.15, 0.2) is 55.0 Å². The first kappa shape index (κ1) is 16.5. The molecule has 0 saturated carbocycles. The number of aromatic amines is 1. The number of benzene rings is 2. The molecule has 3 heterocycles. The maximum atomic E-state index is 6.03. The minimum absolute atomic E-state index is 0.453. The van der Waals surface area contributed by atoms with E-state index in [1.165, 1.54) is 6.33 Å². The van der Waals surface area contributed by atoms with Gasteiger partial charge in [-0.15, -0.1) is 0 Å². The Morgan fingerprint density at radius 1 is 1.14 bits per heavy atom. The second-order valence-corrected chi connectivity index (χ2v) is 6.62. The first-order valence-corrected chi connectivity index (χ1v) is 8.86. The standard InChI is InChI=1S/C19H14ClN7O/c1-27-17-14(9-23-27)18(22-10-21-17)28-13-5-6-15-16(8-13)26-19(25-15)24-12-4-2-3-11(20)7-12/h2-10H,1H3,(H2,24,25,26). The first-order chi connectivity index (χ1) is 13.7. The lowest BCUT2D eigenvalue weighted by molar-refractivity contribution is 0.469. The van der Waals surface area contributed by atoms with Crippen LogP contribution in [-0.4, -0.2) is 29.7 Å². The van der Waals surface area contributed by atoms with Crippen LogP contribution in [0.3, 0.4) is 0 Å². The molecule has 0 bridgehead atoms. The number of fused-ring (bicyclic) bond motifs is 2. The molecule has 0 fully saturated rings. The molecule has 0 aliphatic rings. The molecule has 9 heteroatoms. The van der Waals surface area contributed by atoms with Crippen molar-refractivity contribution in [1.29, 1.82) is 0 Å². The van der Waals surface area contributed by atoms with Gasteiger partial charge in [0.2, 0.25) is 11.8 Å². The van der Waals surface area contributed by atoms with Crippen LogP contribution >= 0.6 is 11.6 Å². The molecule has 3 aromatic heterocycles. The fourth-order valence-electron chi connectivity index (χ4n) is 2.95. The van der Waals surface area contributed by atoms with E-state index in [1.807, 2.05) is 49.5 Å². The van der Waals surface area contributed by atoms with Crippen molar-refractivity contribution in [2.24, 2.45) is 7.05 Å². The fourth-order valence-corrected chi connectivity index (χ4v) is 3.14. The lowest BCUT2D eigenvalue weighted by Crippen LogP contribution is -1.94. The number of rotatable bonds is 4. The summed E-state index contributed by atoms with van der Waals surface area (Å²) in [5, 5.41) is 8.81. The molecule has 8 nitrogen and oxygen atoms in total. The Balaban J connectivity index is 1.45. The number of hydrogen-bond donors (Lipinski definition) is 2. The van der Waals surface area contributed by atoms with E-state index >= 15 is 0 Å². The summed E-state index contributed by atoms with van der Waals surface area (Å²) in [4.78, 5) is 16.2. The Morgan fingerprint density at radius 2 is 2.07 bits per heavy atom. The maximum absolute atomic E-state index is 6.03.